The van der Waals surface area contributed by atoms with Gasteiger partial charge < -0.3 is 15.0 Å². The van der Waals surface area contributed by atoms with E-state index in [1.54, 1.807) is 45.0 Å². The zero-order valence-electron chi connectivity index (χ0n) is 24.6. The number of aryl methyl sites for hydroxylation is 1. The normalized spacial score (nSPS) is 12.0. The number of hydrogen-bond acceptors (Lipinski definition) is 7. The molecule has 0 aliphatic heterocycles. The van der Waals surface area contributed by atoms with Gasteiger partial charge in [-0.2, -0.15) is 0 Å². The molecule has 1 N–H and O–H groups in total. The number of amides is 2. The lowest BCUT2D eigenvalue weighted by atomic mass is 10.1. The van der Waals surface area contributed by atoms with Crippen LogP contribution in [0.5, 0.6) is 5.75 Å². The summed E-state index contributed by atoms with van der Waals surface area (Å²) in [7, 11) is -3.06. The highest BCUT2D eigenvalue weighted by molar-refractivity contribution is 7.92. The lowest BCUT2D eigenvalue weighted by Gasteiger charge is -2.33. The van der Waals surface area contributed by atoms with E-state index < -0.39 is 39.3 Å². The molecule has 3 rings (SSSR count). The Morgan fingerprint density at radius 1 is 1.07 bits per heavy atom. The Balaban J connectivity index is 2.13. The molecule has 0 aromatic heterocycles. The maximum atomic E-state index is 14.1. The van der Waals surface area contributed by atoms with E-state index in [4.69, 9.17) is 16.3 Å². The van der Waals surface area contributed by atoms with Gasteiger partial charge >= 0.3 is 0 Å². The molecule has 43 heavy (non-hydrogen) atoms. The number of hydrogen-bond donors (Lipinski definition) is 1. The molecule has 0 heterocycles. The fourth-order valence-corrected chi connectivity index (χ4v) is 6.09. The first-order valence-electron chi connectivity index (χ1n) is 13.5. The number of nitrogens with zero attached hydrogens (tertiary/aromatic N) is 3. The van der Waals surface area contributed by atoms with Gasteiger partial charge in [0.15, 0.2) is 0 Å². The van der Waals surface area contributed by atoms with Crippen LogP contribution in [0.15, 0.2) is 71.6 Å². The molecule has 13 heteroatoms. The van der Waals surface area contributed by atoms with Gasteiger partial charge in [0.25, 0.3) is 15.7 Å². The van der Waals surface area contributed by atoms with Crippen molar-refractivity contribution in [2.75, 3.05) is 18.0 Å². The standard InChI is InChI=1S/C30H35ClN4O7S/c1-6-27(30(37)32-20(2)3)33(18-22-9-7-8-10-26(22)31)29(36)19-34(23-12-14-24(42-5)15-13-23)43(40,41)25-16-11-21(4)28(17-25)35(38)39/h7-17,20,27H,6,18-19H2,1-5H3,(H,32,37). The molecule has 0 saturated carbocycles. The molecule has 0 aliphatic carbocycles. The van der Waals surface area contributed by atoms with Crippen molar-refractivity contribution in [3.8, 4) is 5.75 Å². The second-order valence-electron chi connectivity index (χ2n) is 10.1. The number of sulfonamides is 1. The predicted molar refractivity (Wildman–Crippen MR) is 165 cm³/mol. The first-order chi connectivity index (χ1) is 20.3. The van der Waals surface area contributed by atoms with Crippen LogP contribution in [-0.2, 0) is 26.2 Å². The third-order valence-electron chi connectivity index (χ3n) is 6.72. The number of nitro benzene ring substituents is 1. The molecule has 0 bridgehead atoms. The molecular formula is C30H35ClN4O7S. The molecule has 0 saturated heterocycles. The van der Waals surface area contributed by atoms with Crippen molar-refractivity contribution in [1.29, 1.82) is 0 Å². The van der Waals surface area contributed by atoms with Crippen molar-refractivity contribution < 1.29 is 27.7 Å². The largest absolute Gasteiger partial charge is 0.497 e. The average molecular weight is 631 g/mol. The van der Waals surface area contributed by atoms with Gasteiger partial charge in [0.05, 0.1) is 22.6 Å². The molecule has 3 aromatic carbocycles. The predicted octanol–water partition coefficient (Wildman–Crippen LogP) is 5.09. The van der Waals surface area contributed by atoms with Crippen molar-refractivity contribution in [3.05, 3.63) is 93.0 Å². The van der Waals surface area contributed by atoms with Gasteiger partial charge in [0.2, 0.25) is 11.8 Å². The summed E-state index contributed by atoms with van der Waals surface area (Å²) in [5.41, 5.74) is 0.596. The number of nitro groups is 1. The van der Waals surface area contributed by atoms with Crippen LogP contribution < -0.4 is 14.4 Å². The number of carbonyl (C=O) groups excluding carboxylic acids is 2. The van der Waals surface area contributed by atoms with Crippen molar-refractivity contribution in [1.82, 2.24) is 10.2 Å². The Morgan fingerprint density at radius 3 is 2.28 bits per heavy atom. The van der Waals surface area contributed by atoms with Crippen LogP contribution >= 0.6 is 11.6 Å². The lowest BCUT2D eigenvalue weighted by molar-refractivity contribution is -0.385. The van der Waals surface area contributed by atoms with Gasteiger partial charge in [-0.1, -0.05) is 42.8 Å². The van der Waals surface area contributed by atoms with E-state index in [9.17, 15) is 28.1 Å². The second-order valence-corrected chi connectivity index (χ2v) is 12.4. The SMILES string of the molecule is CCC(C(=O)NC(C)C)N(Cc1ccccc1Cl)C(=O)CN(c1ccc(OC)cc1)S(=O)(=O)c1ccc(C)c([N+](=O)[O-])c1. The summed E-state index contributed by atoms with van der Waals surface area (Å²) < 4.78 is 34.2. The fourth-order valence-electron chi connectivity index (χ4n) is 4.46. The van der Waals surface area contributed by atoms with Gasteiger partial charge in [0, 0.05) is 29.2 Å². The summed E-state index contributed by atoms with van der Waals surface area (Å²) >= 11 is 6.41. The molecular weight excluding hydrogens is 596 g/mol. The summed E-state index contributed by atoms with van der Waals surface area (Å²) in [6.07, 6.45) is 0.244. The van der Waals surface area contributed by atoms with Crippen molar-refractivity contribution in [2.45, 2.75) is 57.6 Å². The second kappa shape index (κ2) is 14.3. The Kier molecular flexibility index (Phi) is 11.1. The van der Waals surface area contributed by atoms with Crippen LogP contribution in [0.25, 0.3) is 0 Å². The molecule has 0 aliphatic rings. The van der Waals surface area contributed by atoms with E-state index in [-0.39, 0.29) is 40.8 Å². The summed E-state index contributed by atoms with van der Waals surface area (Å²) in [6.45, 7) is 6.08. The lowest BCUT2D eigenvalue weighted by Crippen LogP contribution is -2.53. The number of benzene rings is 3. The number of rotatable bonds is 13. The average Bonchev–Trinajstić information content (AvgIpc) is 2.96. The number of anilines is 1. The van der Waals surface area contributed by atoms with Gasteiger partial charge in [-0.25, -0.2) is 8.42 Å². The Hall–Kier alpha value is -4.16. The van der Waals surface area contributed by atoms with Gasteiger partial charge in [0.1, 0.15) is 18.3 Å². The molecule has 0 fully saturated rings. The molecule has 230 valence electrons. The first kappa shape index (κ1) is 33.3. The van der Waals surface area contributed by atoms with E-state index in [1.165, 1.54) is 55.3 Å². The number of methoxy groups -OCH3 is 1. The van der Waals surface area contributed by atoms with Crippen molar-refractivity contribution in [3.63, 3.8) is 0 Å². The van der Waals surface area contributed by atoms with Gasteiger partial charge in [-0.15, -0.1) is 0 Å². The Bertz CT molecular complexity index is 1580. The minimum absolute atomic E-state index is 0.0605. The minimum Gasteiger partial charge on any atom is -0.497 e. The summed E-state index contributed by atoms with van der Waals surface area (Å²) in [4.78, 5) is 39.2. The quantitative estimate of drug-likeness (QED) is 0.205. The van der Waals surface area contributed by atoms with Crippen LogP contribution in [0.2, 0.25) is 5.02 Å². The molecule has 3 aromatic rings. The van der Waals surface area contributed by atoms with E-state index in [0.29, 0.717) is 16.3 Å². The molecule has 0 spiro atoms. The topological polar surface area (TPSA) is 139 Å². The third kappa shape index (κ3) is 8.02. The van der Waals surface area contributed by atoms with Crippen LogP contribution in [0, 0.1) is 17.0 Å². The Morgan fingerprint density at radius 2 is 1.72 bits per heavy atom. The minimum atomic E-state index is -4.51. The highest BCUT2D eigenvalue weighted by atomic mass is 35.5. The van der Waals surface area contributed by atoms with Crippen molar-refractivity contribution >= 4 is 44.8 Å². The molecule has 11 nitrogen and oxygen atoms in total. The first-order valence-corrected chi connectivity index (χ1v) is 15.4. The van der Waals surface area contributed by atoms with Gasteiger partial charge in [-0.05, 0) is 69.2 Å². The smallest absolute Gasteiger partial charge is 0.273 e. The molecule has 1 atom stereocenters. The molecule has 2 amide bonds. The number of halogens is 1. The third-order valence-corrected chi connectivity index (χ3v) is 8.86. The van der Waals surface area contributed by atoms with Crippen LogP contribution in [0.1, 0.15) is 38.3 Å². The monoisotopic (exact) mass is 630 g/mol. The van der Waals surface area contributed by atoms with E-state index in [2.05, 4.69) is 5.32 Å². The zero-order valence-corrected chi connectivity index (χ0v) is 26.2. The molecule has 0 radical (unpaired) electrons. The van der Waals surface area contributed by atoms with Crippen molar-refractivity contribution in [2.24, 2.45) is 0 Å². The highest BCUT2D eigenvalue weighted by Gasteiger charge is 2.34. The summed E-state index contributed by atoms with van der Waals surface area (Å²) in [5, 5.41) is 14.8. The van der Waals surface area contributed by atoms with Gasteiger partial charge in [-0.3, -0.25) is 24.0 Å². The van der Waals surface area contributed by atoms with Crippen LogP contribution in [0.4, 0.5) is 11.4 Å². The van der Waals surface area contributed by atoms with Crippen LogP contribution in [0.3, 0.4) is 0 Å². The van der Waals surface area contributed by atoms with E-state index >= 15 is 0 Å². The van der Waals surface area contributed by atoms with Crippen LogP contribution in [-0.4, -0.2) is 55.8 Å². The number of nitrogens with one attached hydrogen (secondary N) is 1. The molecule has 1 unspecified atom stereocenters. The summed E-state index contributed by atoms with van der Waals surface area (Å²) in [5.74, 6) is -0.618. The zero-order chi connectivity index (χ0) is 31.9. The maximum absolute atomic E-state index is 14.1. The highest BCUT2D eigenvalue weighted by Crippen LogP contribution is 2.30. The number of ether oxygens (including phenoxy) is 1. The Labute approximate surface area is 256 Å². The maximum Gasteiger partial charge on any atom is 0.273 e. The van der Waals surface area contributed by atoms with E-state index in [1.807, 2.05) is 0 Å². The fraction of sp³-hybridized carbons (Fsp3) is 0.333. The summed E-state index contributed by atoms with van der Waals surface area (Å²) in [6, 6.07) is 15.3. The van der Waals surface area contributed by atoms with E-state index in [0.717, 1.165) is 10.4 Å². The number of carbonyl (C=O) groups is 2.